The van der Waals surface area contributed by atoms with Crippen molar-refractivity contribution in [3.05, 3.63) is 70.5 Å². The van der Waals surface area contributed by atoms with Gasteiger partial charge in [-0.05, 0) is 29.8 Å². The summed E-state index contributed by atoms with van der Waals surface area (Å²) in [7, 11) is 0. The lowest BCUT2D eigenvalue weighted by molar-refractivity contribution is -0.131. The molecule has 0 saturated heterocycles. The average molecular weight is 307 g/mol. The number of carboxylic acids is 1. The summed E-state index contributed by atoms with van der Waals surface area (Å²) in [6, 6.07) is 11.4. The maximum atomic E-state index is 13.3. The fourth-order valence-electron chi connectivity index (χ4n) is 1.70. The van der Waals surface area contributed by atoms with E-state index in [1.807, 2.05) is 0 Å². The van der Waals surface area contributed by atoms with Gasteiger partial charge in [0.05, 0.1) is 5.02 Å². The number of aliphatic carboxylic acids is 1. The molecular weight excluding hydrogens is 295 g/mol. The van der Waals surface area contributed by atoms with E-state index >= 15 is 0 Å². The van der Waals surface area contributed by atoms with Crippen LogP contribution in [0.1, 0.15) is 11.1 Å². The molecule has 0 unspecified atom stereocenters. The van der Waals surface area contributed by atoms with E-state index in [2.05, 4.69) is 0 Å². The van der Waals surface area contributed by atoms with Gasteiger partial charge in [0.2, 0.25) is 0 Å². The van der Waals surface area contributed by atoms with Crippen molar-refractivity contribution in [3.63, 3.8) is 0 Å². The second-order valence-corrected chi connectivity index (χ2v) is 4.62. The molecule has 0 aromatic heterocycles. The summed E-state index contributed by atoms with van der Waals surface area (Å²) in [5.74, 6) is -0.966. The molecule has 0 saturated carbocycles. The van der Waals surface area contributed by atoms with Crippen LogP contribution in [0.25, 0.3) is 6.08 Å². The van der Waals surface area contributed by atoms with Gasteiger partial charge in [0.15, 0.2) is 0 Å². The van der Waals surface area contributed by atoms with Gasteiger partial charge in [0.25, 0.3) is 0 Å². The van der Waals surface area contributed by atoms with Crippen LogP contribution in [0, 0.1) is 5.82 Å². The molecule has 0 spiro atoms. The molecule has 0 aliphatic heterocycles. The van der Waals surface area contributed by atoms with E-state index in [1.165, 1.54) is 12.1 Å². The first-order chi connectivity index (χ1) is 10.1. The number of benzene rings is 2. The summed E-state index contributed by atoms with van der Waals surface area (Å²) >= 11 is 5.84. The normalized spacial score (nSPS) is 10.8. The molecule has 2 rings (SSSR count). The summed E-state index contributed by atoms with van der Waals surface area (Å²) in [5, 5.41) is 8.63. The molecule has 5 heteroatoms. The van der Waals surface area contributed by atoms with E-state index in [-0.39, 0.29) is 11.6 Å². The minimum atomic E-state index is -1.02. The summed E-state index contributed by atoms with van der Waals surface area (Å²) < 4.78 is 18.8. The van der Waals surface area contributed by atoms with Crippen molar-refractivity contribution < 1.29 is 19.0 Å². The van der Waals surface area contributed by atoms with E-state index < -0.39 is 11.8 Å². The SMILES string of the molecule is O=C(O)/C=C/c1cccc(OCc2cccc(F)c2Cl)c1. The van der Waals surface area contributed by atoms with E-state index in [4.69, 9.17) is 21.4 Å². The molecule has 0 heterocycles. The predicted molar refractivity (Wildman–Crippen MR) is 78.9 cm³/mol. The van der Waals surface area contributed by atoms with Gasteiger partial charge in [0.1, 0.15) is 18.2 Å². The van der Waals surface area contributed by atoms with E-state index in [0.29, 0.717) is 16.9 Å². The molecule has 0 radical (unpaired) electrons. The van der Waals surface area contributed by atoms with Crippen LogP contribution < -0.4 is 4.74 Å². The van der Waals surface area contributed by atoms with Crippen molar-refractivity contribution in [1.82, 2.24) is 0 Å². The van der Waals surface area contributed by atoms with Crippen LogP contribution in [0.4, 0.5) is 4.39 Å². The zero-order chi connectivity index (χ0) is 15.2. The Balaban J connectivity index is 2.08. The molecule has 1 N–H and O–H groups in total. The van der Waals surface area contributed by atoms with Crippen LogP contribution >= 0.6 is 11.6 Å². The molecule has 21 heavy (non-hydrogen) atoms. The number of carboxylic acid groups (broad SMARTS) is 1. The Hall–Kier alpha value is -2.33. The van der Waals surface area contributed by atoms with Crippen molar-refractivity contribution in [2.24, 2.45) is 0 Å². The van der Waals surface area contributed by atoms with Crippen molar-refractivity contribution in [1.29, 1.82) is 0 Å². The van der Waals surface area contributed by atoms with Gasteiger partial charge in [-0.3, -0.25) is 0 Å². The molecule has 0 amide bonds. The maximum absolute atomic E-state index is 13.3. The summed E-state index contributed by atoms with van der Waals surface area (Å²) in [4.78, 5) is 10.5. The highest BCUT2D eigenvalue weighted by molar-refractivity contribution is 6.31. The Kier molecular flexibility index (Phi) is 4.95. The lowest BCUT2D eigenvalue weighted by Crippen LogP contribution is -1.97. The zero-order valence-electron chi connectivity index (χ0n) is 10.9. The molecule has 0 atom stereocenters. The molecule has 3 nitrogen and oxygen atoms in total. The predicted octanol–water partition coefficient (Wildman–Crippen LogP) is 4.16. The summed E-state index contributed by atoms with van der Waals surface area (Å²) in [5.41, 5.74) is 1.24. The average Bonchev–Trinajstić information content (AvgIpc) is 2.47. The zero-order valence-corrected chi connectivity index (χ0v) is 11.7. The van der Waals surface area contributed by atoms with Crippen LogP contribution in [0.5, 0.6) is 5.75 Å². The molecule has 0 aliphatic carbocycles. The number of rotatable bonds is 5. The van der Waals surface area contributed by atoms with Crippen LogP contribution in [0.2, 0.25) is 5.02 Å². The minimum Gasteiger partial charge on any atom is -0.489 e. The molecule has 0 fully saturated rings. The first-order valence-corrected chi connectivity index (χ1v) is 6.51. The third-order valence-corrected chi connectivity index (χ3v) is 3.13. The van der Waals surface area contributed by atoms with Crippen LogP contribution in [-0.4, -0.2) is 11.1 Å². The van der Waals surface area contributed by atoms with Crippen molar-refractivity contribution in [2.75, 3.05) is 0 Å². The van der Waals surface area contributed by atoms with Crippen LogP contribution in [-0.2, 0) is 11.4 Å². The first kappa shape index (κ1) is 15.1. The second-order valence-electron chi connectivity index (χ2n) is 4.25. The van der Waals surface area contributed by atoms with Crippen molar-refractivity contribution in [3.8, 4) is 5.75 Å². The van der Waals surface area contributed by atoms with E-state index in [0.717, 1.165) is 6.08 Å². The third-order valence-electron chi connectivity index (χ3n) is 2.70. The summed E-state index contributed by atoms with van der Waals surface area (Å²) in [6.45, 7) is 0.128. The maximum Gasteiger partial charge on any atom is 0.328 e. The third kappa shape index (κ3) is 4.33. The fraction of sp³-hybridized carbons (Fsp3) is 0.0625. The first-order valence-electron chi connectivity index (χ1n) is 6.13. The molecule has 2 aromatic carbocycles. The Labute approximate surface area is 126 Å². The highest BCUT2D eigenvalue weighted by Crippen LogP contribution is 2.22. The van der Waals surface area contributed by atoms with Gasteiger partial charge < -0.3 is 9.84 Å². The van der Waals surface area contributed by atoms with Crippen molar-refractivity contribution in [2.45, 2.75) is 6.61 Å². The van der Waals surface area contributed by atoms with Gasteiger partial charge in [-0.25, -0.2) is 9.18 Å². The highest BCUT2D eigenvalue weighted by atomic mass is 35.5. The number of carbonyl (C=O) groups is 1. The van der Waals surface area contributed by atoms with Crippen LogP contribution in [0.3, 0.4) is 0 Å². The molecule has 0 aliphatic rings. The molecule has 0 bridgehead atoms. The van der Waals surface area contributed by atoms with E-state index in [9.17, 15) is 9.18 Å². The molecule has 108 valence electrons. The fourth-order valence-corrected chi connectivity index (χ4v) is 1.88. The number of ether oxygens (including phenoxy) is 1. The van der Waals surface area contributed by atoms with Crippen molar-refractivity contribution >= 4 is 23.6 Å². The second kappa shape index (κ2) is 6.90. The van der Waals surface area contributed by atoms with Gasteiger partial charge in [-0.1, -0.05) is 35.9 Å². The van der Waals surface area contributed by atoms with Gasteiger partial charge in [-0.2, -0.15) is 0 Å². The monoisotopic (exact) mass is 306 g/mol. The topological polar surface area (TPSA) is 46.5 Å². The lowest BCUT2D eigenvalue weighted by atomic mass is 10.2. The van der Waals surface area contributed by atoms with Gasteiger partial charge in [0, 0.05) is 11.6 Å². The lowest BCUT2D eigenvalue weighted by Gasteiger charge is -2.08. The standard InChI is InChI=1S/C16H12ClFO3/c17-16-12(4-2-6-14(16)18)10-21-13-5-1-3-11(9-13)7-8-15(19)20/h1-9H,10H2,(H,19,20)/b8-7+. The Bertz CT molecular complexity index is 683. The summed E-state index contributed by atoms with van der Waals surface area (Å²) in [6.07, 6.45) is 2.51. The quantitative estimate of drug-likeness (QED) is 0.844. The smallest absolute Gasteiger partial charge is 0.328 e. The largest absolute Gasteiger partial charge is 0.489 e. The molecular formula is C16H12ClFO3. The number of halogens is 2. The number of hydrogen-bond donors (Lipinski definition) is 1. The Morgan fingerprint density at radius 1 is 1.29 bits per heavy atom. The minimum absolute atomic E-state index is 0.0411. The molecule has 2 aromatic rings. The van der Waals surface area contributed by atoms with Gasteiger partial charge >= 0.3 is 5.97 Å². The highest BCUT2D eigenvalue weighted by Gasteiger charge is 2.06. The van der Waals surface area contributed by atoms with Gasteiger partial charge in [-0.15, -0.1) is 0 Å². The van der Waals surface area contributed by atoms with E-state index in [1.54, 1.807) is 36.4 Å². The number of hydrogen-bond acceptors (Lipinski definition) is 2. The Morgan fingerprint density at radius 3 is 2.81 bits per heavy atom. The Morgan fingerprint density at radius 2 is 2.05 bits per heavy atom. The van der Waals surface area contributed by atoms with Crippen LogP contribution in [0.15, 0.2) is 48.5 Å².